The highest BCUT2D eigenvalue weighted by molar-refractivity contribution is 7.90. The lowest BCUT2D eigenvalue weighted by Gasteiger charge is -2.21. The van der Waals surface area contributed by atoms with Crippen LogP contribution in [0.1, 0.15) is 52.9 Å². The van der Waals surface area contributed by atoms with Gasteiger partial charge in [-0.15, -0.1) is 0 Å². The highest BCUT2D eigenvalue weighted by atomic mass is 32.2. The molecular formula is C12H27NO2S. The molecule has 98 valence electrons. The molecule has 0 radical (unpaired) electrons. The summed E-state index contributed by atoms with van der Waals surface area (Å²) in [4.78, 5) is 0. The summed E-state index contributed by atoms with van der Waals surface area (Å²) >= 11 is 0. The van der Waals surface area contributed by atoms with Crippen LogP contribution in [0.25, 0.3) is 0 Å². The van der Waals surface area contributed by atoms with Crippen molar-refractivity contribution in [2.24, 2.45) is 0 Å². The SMILES string of the molecule is CCCCC(CCCS(C)(=O)=O)NC(C)C. The molecule has 1 N–H and O–H groups in total. The smallest absolute Gasteiger partial charge is 0.147 e. The molecule has 0 aliphatic heterocycles. The van der Waals surface area contributed by atoms with Crippen molar-refractivity contribution >= 4 is 9.84 Å². The van der Waals surface area contributed by atoms with Crippen LogP contribution in [0, 0.1) is 0 Å². The van der Waals surface area contributed by atoms with Gasteiger partial charge in [0.15, 0.2) is 0 Å². The Hall–Kier alpha value is -0.0900. The Balaban J connectivity index is 3.91. The van der Waals surface area contributed by atoms with Crippen molar-refractivity contribution in [2.45, 2.75) is 65.0 Å². The second-order valence-electron chi connectivity index (χ2n) is 4.93. The Bertz CT molecular complexity index is 260. The van der Waals surface area contributed by atoms with Gasteiger partial charge < -0.3 is 5.32 Å². The van der Waals surface area contributed by atoms with Crippen molar-refractivity contribution in [3.05, 3.63) is 0 Å². The minimum Gasteiger partial charge on any atom is -0.312 e. The summed E-state index contributed by atoms with van der Waals surface area (Å²) in [6.07, 6.45) is 6.60. The van der Waals surface area contributed by atoms with Crippen LogP contribution in [0.4, 0.5) is 0 Å². The van der Waals surface area contributed by atoms with Gasteiger partial charge in [-0.1, -0.05) is 33.6 Å². The first-order valence-corrected chi connectivity index (χ1v) is 8.35. The van der Waals surface area contributed by atoms with Crippen LogP contribution in [0.15, 0.2) is 0 Å². The Kier molecular flexibility index (Phi) is 8.02. The summed E-state index contributed by atoms with van der Waals surface area (Å²) in [6.45, 7) is 6.45. The molecule has 0 aliphatic carbocycles. The van der Waals surface area contributed by atoms with Crippen LogP contribution in [-0.2, 0) is 9.84 Å². The summed E-state index contributed by atoms with van der Waals surface area (Å²) in [5, 5.41) is 3.51. The fourth-order valence-electron chi connectivity index (χ4n) is 1.82. The van der Waals surface area contributed by atoms with Crippen molar-refractivity contribution in [1.29, 1.82) is 0 Å². The third-order valence-electron chi connectivity index (χ3n) is 2.54. The van der Waals surface area contributed by atoms with Gasteiger partial charge in [-0.25, -0.2) is 8.42 Å². The quantitative estimate of drug-likeness (QED) is 0.682. The van der Waals surface area contributed by atoms with Gasteiger partial charge in [0.25, 0.3) is 0 Å². The summed E-state index contributed by atoms with van der Waals surface area (Å²) in [6, 6.07) is 0.946. The predicted molar refractivity (Wildman–Crippen MR) is 70.5 cm³/mol. The maximum atomic E-state index is 11.0. The average molecular weight is 249 g/mol. The van der Waals surface area contributed by atoms with Crippen LogP contribution < -0.4 is 5.32 Å². The first kappa shape index (κ1) is 15.9. The number of rotatable bonds is 9. The minimum atomic E-state index is -2.80. The minimum absolute atomic E-state index is 0.315. The van der Waals surface area contributed by atoms with Gasteiger partial charge in [-0.2, -0.15) is 0 Å². The fraction of sp³-hybridized carbons (Fsp3) is 1.00. The first-order valence-electron chi connectivity index (χ1n) is 6.29. The molecule has 0 aromatic rings. The Morgan fingerprint density at radius 3 is 2.12 bits per heavy atom. The number of hydrogen-bond donors (Lipinski definition) is 1. The van der Waals surface area contributed by atoms with Gasteiger partial charge in [0, 0.05) is 24.1 Å². The molecule has 0 fully saturated rings. The van der Waals surface area contributed by atoms with E-state index in [0.717, 1.165) is 19.3 Å². The third kappa shape index (κ3) is 10.4. The molecule has 0 aromatic heterocycles. The summed E-state index contributed by atoms with van der Waals surface area (Å²) in [7, 11) is -2.80. The monoisotopic (exact) mass is 249 g/mol. The number of sulfone groups is 1. The molecule has 0 aliphatic rings. The van der Waals surface area contributed by atoms with E-state index in [4.69, 9.17) is 0 Å². The molecule has 0 heterocycles. The predicted octanol–water partition coefficient (Wildman–Crippen LogP) is 2.37. The van der Waals surface area contributed by atoms with Crippen LogP contribution in [0.3, 0.4) is 0 Å². The first-order chi connectivity index (χ1) is 7.35. The van der Waals surface area contributed by atoms with E-state index in [2.05, 4.69) is 26.1 Å². The summed E-state index contributed by atoms with van der Waals surface area (Å²) in [5.41, 5.74) is 0. The van der Waals surface area contributed by atoms with E-state index in [0.29, 0.717) is 17.8 Å². The summed E-state index contributed by atoms with van der Waals surface area (Å²) < 4.78 is 22.1. The number of hydrogen-bond acceptors (Lipinski definition) is 3. The van der Waals surface area contributed by atoms with Crippen LogP contribution in [0.5, 0.6) is 0 Å². The zero-order chi connectivity index (χ0) is 12.6. The second kappa shape index (κ2) is 8.07. The molecule has 1 atom stereocenters. The fourth-order valence-corrected chi connectivity index (χ4v) is 2.52. The lowest BCUT2D eigenvalue weighted by molar-refractivity contribution is 0.403. The van der Waals surface area contributed by atoms with Crippen molar-refractivity contribution in [2.75, 3.05) is 12.0 Å². The topological polar surface area (TPSA) is 46.2 Å². The standard InChI is InChI=1S/C12H27NO2S/c1-5-6-8-12(13-11(2)3)9-7-10-16(4,14)15/h11-13H,5-10H2,1-4H3. The largest absolute Gasteiger partial charge is 0.312 e. The zero-order valence-corrected chi connectivity index (χ0v) is 11.9. The van der Waals surface area contributed by atoms with E-state index >= 15 is 0 Å². The Labute approximate surface area is 101 Å². The molecule has 3 nitrogen and oxygen atoms in total. The van der Waals surface area contributed by atoms with Gasteiger partial charge in [0.05, 0.1) is 0 Å². The summed E-state index contributed by atoms with van der Waals surface area (Å²) in [5.74, 6) is 0.315. The van der Waals surface area contributed by atoms with Gasteiger partial charge in [-0.3, -0.25) is 0 Å². The molecule has 0 bridgehead atoms. The second-order valence-corrected chi connectivity index (χ2v) is 7.19. The molecule has 0 aromatic carbocycles. The van der Waals surface area contributed by atoms with Gasteiger partial charge in [0.2, 0.25) is 0 Å². The maximum absolute atomic E-state index is 11.0. The van der Waals surface area contributed by atoms with E-state index in [1.54, 1.807) is 0 Å². The van der Waals surface area contributed by atoms with Crippen LogP contribution >= 0.6 is 0 Å². The Morgan fingerprint density at radius 1 is 1.12 bits per heavy atom. The molecule has 0 amide bonds. The average Bonchev–Trinajstić information content (AvgIpc) is 2.11. The molecule has 0 spiro atoms. The van der Waals surface area contributed by atoms with Crippen molar-refractivity contribution in [3.8, 4) is 0 Å². The van der Waals surface area contributed by atoms with E-state index in [-0.39, 0.29) is 0 Å². The highest BCUT2D eigenvalue weighted by Crippen LogP contribution is 2.09. The van der Waals surface area contributed by atoms with Crippen molar-refractivity contribution in [3.63, 3.8) is 0 Å². The van der Waals surface area contributed by atoms with Gasteiger partial charge in [0.1, 0.15) is 9.84 Å². The number of unbranched alkanes of at least 4 members (excludes halogenated alkanes) is 1. The zero-order valence-electron chi connectivity index (χ0n) is 11.1. The Morgan fingerprint density at radius 2 is 1.69 bits per heavy atom. The van der Waals surface area contributed by atoms with E-state index in [1.165, 1.54) is 19.1 Å². The molecular weight excluding hydrogens is 222 g/mol. The molecule has 16 heavy (non-hydrogen) atoms. The van der Waals surface area contributed by atoms with Crippen molar-refractivity contribution < 1.29 is 8.42 Å². The highest BCUT2D eigenvalue weighted by Gasteiger charge is 2.10. The maximum Gasteiger partial charge on any atom is 0.147 e. The molecule has 0 rings (SSSR count). The normalized spacial score (nSPS) is 14.3. The van der Waals surface area contributed by atoms with E-state index < -0.39 is 9.84 Å². The van der Waals surface area contributed by atoms with Gasteiger partial charge >= 0.3 is 0 Å². The van der Waals surface area contributed by atoms with Crippen molar-refractivity contribution in [1.82, 2.24) is 5.32 Å². The van der Waals surface area contributed by atoms with E-state index in [9.17, 15) is 8.42 Å². The third-order valence-corrected chi connectivity index (χ3v) is 3.57. The van der Waals surface area contributed by atoms with Gasteiger partial charge in [-0.05, 0) is 19.3 Å². The lowest BCUT2D eigenvalue weighted by Crippen LogP contribution is -2.35. The molecule has 4 heteroatoms. The molecule has 0 saturated carbocycles. The lowest BCUT2D eigenvalue weighted by atomic mass is 10.0. The molecule has 1 unspecified atom stereocenters. The van der Waals surface area contributed by atoms with E-state index in [1.807, 2.05) is 0 Å². The van der Waals surface area contributed by atoms with Crippen LogP contribution in [0.2, 0.25) is 0 Å². The number of nitrogens with one attached hydrogen (secondary N) is 1. The van der Waals surface area contributed by atoms with Crippen LogP contribution in [-0.4, -0.2) is 32.5 Å². The molecule has 0 saturated heterocycles.